The standard InChI is InChI=1S/C29H24F3N3O/c30-29(31,32)23-11-8-20(9-12-23)26-6-1-2-7-27(26)28(36)34-24-13-10-22-18-35(16-14-21(22)17-24)19-25-5-3-4-15-33-25/h1-13,15,17H,14,16,18-19H2,(H,34,36). The second-order valence-corrected chi connectivity index (χ2v) is 8.84. The number of carbonyl (C=O) groups excluding carboxylic acids is 1. The van der Waals surface area contributed by atoms with E-state index < -0.39 is 11.7 Å². The van der Waals surface area contributed by atoms with Gasteiger partial charge < -0.3 is 5.32 Å². The van der Waals surface area contributed by atoms with Gasteiger partial charge in [0, 0.05) is 37.1 Å². The first kappa shape index (κ1) is 23.8. The van der Waals surface area contributed by atoms with Crippen molar-refractivity contribution in [3.63, 3.8) is 0 Å². The summed E-state index contributed by atoms with van der Waals surface area (Å²) in [6.45, 7) is 2.51. The van der Waals surface area contributed by atoms with Crippen LogP contribution in [0.3, 0.4) is 0 Å². The molecule has 1 aromatic heterocycles. The summed E-state index contributed by atoms with van der Waals surface area (Å²) >= 11 is 0. The Morgan fingerprint density at radius 1 is 0.917 bits per heavy atom. The summed E-state index contributed by atoms with van der Waals surface area (Å²) in [4.78, 5) is 19.9. The number of pyridine rings is 1. The Hall–Kier alpha value is -3.97. The second-order valence-electron chi connectivity index (χ2n) is 8.84. The first-order chi connectivity index (χ1) is 17.4. The van der Waals surface area contributed by atoms with Gasteiger partial charge in [-0.2, -0.15) is 13.2 Å². The normalized spacial score (nSPS) is 13.8. The fourth-order valence-electron chi connectivity index (χ4n) is 4.51. The van der Waals surface area contributed by atoms with Crippen LogP contribution in [-0.2, 0) is 25.7 Å². The van der Waals surface area contributed by atoms with Crippen LogP contribution in [0.25, 0.3) is 11.1 Å². The molecule has 1 N–H and O–H groups in total. The lowest BCUT2D eigenvalue weighted by Crippen LogP contribution is -2.30. The summed E-state index contributed by atoms with van der Waals surface area (Å²) in [5.74, 6) is -0.307. The van der Waals surface area contributed by atoms with Crippen molar-refractivity contribution in [3.8, 4) is 11.1 Å². The molecule has 3 aromatic carbocycles. The molecule has 0 radical (unpaired) electrons. The highest BCUT2D eigenvalue weighted by Crippen LogP contribution is 2.32. The quantitative estimate of drug-likeness (QED) is 0.346. The van der Waals surface area contributed by atoms with Crippen molar-refractivity contribution in [3.05, 3.63) is 119 Å². The van der Waals surface area contributed by atoms with E-state index >= 15 is 0 Å². The number of nitrogens with one attached hydrogen (secondary N) is 1. The van der Waals surface area contributed by atoms with E-state index in [4.69, 9.17) is 0 Å². The first-order valence-corrected chi connectivity index (χ1v) is 11.7. The topological polar surface area (TPSA) is 45.2 Å². The van der Waals surface area contributed by atoms with E-state index in [1.165, 1.54) is 23.3 Å². The first-order valence-electron chi connectivity index (χ1n) is 11.7. The van der Waals surface area contributed by atoms with Gasteiger partial charge >= 0.3 is 6.18 Å². The molecule has 0 spiro atoms. The maximum Gasteiger partial charge on any atom is 0.416 e. The third-order valence-electron chi connectivity index (χ3n) is 6.36. The van der Waals surface area contributed by atoms with Gasteiger partial charge in [0.15, 0.2) is 0 Å². The van der Waals surface area contributed by atoms with Gasteiger partial charge in [-0.3, -0.25) is 14.7 Å². The smallest absolute Gasteiger partial charge is 0.322 e. The number of fused-ring (bicyclic) bond motifs is 1. The maximum absolute atomic E-state index is 13.2. The molecule has 0 saturated heterocycles. The van der Waals surface area contributed by atoms with E-state index in [2.05, 4.69) is 15.2 Å². The van der Waals surface area contributed by atoms with Gasteiger partial charge in [-0.25, -0.2) is 0 Å². The Morgan fingerprint density at radius 2 is 1.69 bits per heavy atom. The monoisotopic (exact) mass is 487 g/mol. The van der Waals surface area contributed by atoms with Crippen LogP contribution in [-0.4, -0.2) is 22.3 Å². The molecule has 182 valence electrons. The number of hydrogen-bond donors (Lipinski definition) is 1. The van der Waals surface area contributed by atoms with Gasteiger partial charge in [-0.05, 0) is 71.1 Å². The van der Waals surface area contributed by atoms with Crippen molar-refractivity contribution in [1.29, 1.82) is 0 Å². The fourth-order valence-corrected chi connectivity index (χ4v) is 4.51. The molecule has 1 amide bonds. The summed E-state index contributed by atoms with van der Waals surface area (Å²) in [5, 5.41) is 2.96. The minimum atomic E-state index is -4.41. The zero-order chi connectivity index (χ0) is 25.1. The zero-order valence-electron chi connectivity index (χ0n) is 19.4. The number of benzene rings is 3. The predicted octanol–water partition coefficient (Wildman–Crippen LogP) is 6.58. The summed E-state index contributed by atoms with van der Waals surface area (Å²) in [6.07, 6.45) is -1.73. The number of amides is 1. The lowest BCUT2D eigenvalue weighted by molar-refractivity contribution is -0.137. The Labute approximate surface area is 207 Å². The molecule has 7 heteroatoms. The highest BCUT2D eigenvalue weighted by molar-refractivity contribution is 6.08. The van der Waals surface area contributed by atoms with Crippen molar-refractivity contribution in [2.45, 2.75) is 25.7 Å². The Kier molecular flexibility index (Phi) is 6.57. The largest absolute Gasteiger partial charge is 0.416 e. The number of carbonyl (C=O) groups is 1. The molecule has 0 atom stereocenters. The third-order valence-corrected chi connectivity index (χ3v) is 6.36. The summed E-state index contributed by atoms with van der Waals surface area (Å²) in [6, 6.07) is 23.6. The minimum Gasteiger partial charge on any atom is -0.322 e. The van der Waals surface area contributed by atoms with Gasteiger partial charge in [0.05, 0.1) is 11.3 Å². The number of hydrogen-bond acceptors (Lipinski definition) is 3. The van der Waals surface area contributed by atoms with Gasteiger partial charge in [0.1, 0.15) is 0 Å². The molecular weight excluding hydrogens is 463 g/mol. The average molecular weight is 488 g/mol. The average Bonchev–Trinajstić information content (AvgIpc) is 2.89. The molecule has 0 aliphatic carbocycles. The van der Waals surface area contributed by atoms with Crippen molar-refractivity contribution in [2.75, 3.05) is 11.9 Å². The number of rotatable bonds is 5. The number of aromatic nitrogens is 1. The second kappa shape index (κ2) is 9.95. The van der Waals surface area contributed by atoms with Crippen LogP contribution in [0.1, 0.15) is 32.7 Å². The Morgan fingerprint density at radius 3 is 2.44 bits per heavy atom. The van der Waals surface area contributed by atoms with Gasteiger partial charge in [0.2, 0.25) is 0 Å². The van der Waals surface area contributed by atoms with E-state index in [0.29, 0.717) is 22.4 Å². The lowest BCUT2D eigenvalue weighted by atomic mass is 9.97. The van der Waals surface area contributed by atoms with Crippen molar-refractivity contribution >= 4 is 11.6 Å². The van der Waals surface area contributed by atoms with E-state index in [1.807, 2.05) is 36.4 Å². The Balaban J connectivity index is 1.30. The van der Waals surface area contributed by atoms with Gasteiger partial charge in [-0.15, -0.1) is 0 Å². The number of nitrogens with zero attached hydrogens (tertiary/aromatic N) is 2. The van der Waals surface area contributed by atoms with Crippen LogP contribution < -0.4 is 5.32 Å². The number of anilines is 1. The summed E-state index contributed by atoms with van der Waals surface area (Å²) in [7, 11) is 0. The number of alkyl halides is 3. The van der Waals surface area contributed by atoms with E-state index in [1.54, 1.807) is 30.5 Å². The van der Waals surface area contributed by atoms with E-state index in [-0.39, 0.29) is 5.91 Å². The molecular formula is C29H24F3N3O. The molecule has 0 saturated carbocycles. The third kappa shape index (κ3) is 5.31. The summed E-state index contributed by atoms with van der Waals surface area (Å²) in [5.41, 5.74) is 4.95. The minimum absolute atomic E-state index is 0.307. The fraction of sp³-hybridized carbons (Fsp3) is 0.172. The van der Waals surface area contributed by atoms with E-state index in [0.717, 1.165) is 43.9 Å². The van der Waals surface area contributed by atoms with Crippen LogP contribution in [0.4, 0.5) is 18.9 Å². The van der Waals surface area contributed by atoms with Crippen LogP contribution >= 0.6 is 0 Å². The van der Waals surface area contributed by atoms with Crippen molar-refractivity contribution < 1.29 is 18.0 Å². The highest BCUT2D eigenvalue weighted by Gasteiger charge is 2.30. The van der Waals surface area contributed by atoms with Crippen molar-refractivity contribution in [2.24, 2.45) is 0 Å². The zero-order valence-corrected chi connectivity index (χ0v) is 19.4. The molecule has 5 rings (SSSR count). The Bertz CT molecular complexity index is 1370. The SMILES string of the molecule is O=C(Nc1ccc2c(c1)CCN(Cc1ccccn1)C2)c1ccccc1-c1ccc(C(F)(F)F)cc1. The van der Waals surface area contributed by atoms with Crippen molar-refractivity contribution in [1.82, 2.24) is 9.88 Å². The molecule has 2 heterocycles. The van der Waals surface area contributed by atoms with Crippen LogP contribution in [0.15, 0.2) is 91.1 Å². The molecule has 4 aromatic rings. The van der Waals surface area contributed by atoms with Crippen LogP contribution in [0.2, 0.25) is 0 Å². The molecule has 0 unspecified atom stereocenters. The molecule has 36 heavy (non-hydrogen) atoms. The van der Waals surface area contributed by atoms with Crippen LogP contribution in [0.5, 0.6) is 0 Å². The van der Waals surface area contributed by atoms with E-state index in [9.17, 15) is 18.0 Å². The number of halogens is 3. The van der Waals surface area contributed by atoms with Gasteiger partial charge in [-0.1, -0.05) is 42.5 Å². The molecule has 1 aliphatic rings. The maximum atomic E-state index is 13.2. The lowest BCUT2D eigenvalue weighted by Gasteiger charge is -2.28. The van der Waals surface area contributed by atoms with Gasteiger partial charge in [0.25, 0.3) is 5.91 Å². The summed E-state index contributed by atoms with van der Waals surface area (Å²) < 4.78 is 38.8. The predicted molar refractivity (Wildman–Crippen MR) is 133 cm³/mol. The molecule has 1 aliphatic heterocycles. The van der Waals surface area contributed by atoms with Crippen LogP contribution in [0, 0.1) is 0 Å². The molecule has 0 fully saturated rings. The molecule has 0 bridgehead atoms. The molecule has 4 nitrogen and oxygen atoms in total. The highest BCUT2D eigenvalue weighted by atomic mass is 19.4.